The molecule has 0 saturated carbocycles. The van der Waals surface area contributed by atoms with E-state index in [1.54, 1.807) is 4.57 Å². The first-order valence-electron chi connectivity index (χ1n) is 11.1. The lowest BCUT2D eigenvalue weighted by Gasteiger charge is -2.30. The lowest BCUT2D eigenvalue weighted by molar-refractivity contribution is -0.134. The number of aromatic nitrogens is 4. The number of benzene rings is 2. The fraction of sp³-hybridized carbons (Fsp3) is 0.333. The number of aryl methyl sites for hydroxylation is 1. The Balaban J connectivity index is 1.64. The number of thioether (sulfide) groups is 1. The standard InChI is InChI=1S/C24H25N5O3S/c1-2-12-28-21(30)18-10-6-7-11-19(18)29-23(28)25-26-24(29)33-20(17-8-4-3-5-9-17)22(31)27-13-15-32-16-14-27/h3-11,20H,2,12-16H2,1H3/t20-/m0/s1. The molecule has 0 spiro atoms. The molecule has 1 amide bonds. The monoisotopic (exact) mass is 463 g/mol. The highest BCUT2D eigenvalue weighted by atomic mass is 32.2. The van der Waals surface area contributed by atoms with Gasteiger partial charge >= 0.3 is 0 Å². The van der Waals surface area contributed by atoms with Gasteiger partial charge in [-0.1, -0.05) is 61.2 Å². The van der Waals surface area contributed by atoms with E-state index in [1.807, 2.05) is 70.8 Å². The van der Waals surface area contributed by atoms with Crippen LogP contribution in [0.1, 0.15) is 24.2 Å². The summed E-state index contributed by atoms with van der Waals surface area (Å²) in [7, 11) is 0. The van der Waals surface area contributed by atoms with Gasteiger partial charge in [0.2, 0.25) is 11.7 Å². The van der Waals surface area contributed by atoms with Gasteiger partial charge in [-0.05, 0) is 24.1 Å². The van der Waals surface area contributed by atoms with Crippen LogP contribution >= 0.6 is 11.8 Å². The van der Waals surface area contributed by atoms with Crippen molar-refractivity contribution < 1.29 is 9.53 Å². The highest BCUT2D eigenvalue weighted by Crippen LogP contribution is 2.37. The van der Waals surface area contributed by atoms with Gasteiger partial charge in [0.05, 0.1) is 24.1 Å². The zero-order valence-corrected chi connectivity index (χ0v) is 19.2. The van der Waals surface area contributed by atoms with Gasteiger partial charge in [0, 0.05) is 19.6 Å². The normalized spacial score (nSPS) is 15.2. The number of amides is 1. The van der Waals surface area contributed by atoms with E-state index in [0.717, 1.165) is 17.5 Å². The average molecular weight is 464 g/mol. The molecule has 33 heavy (non-hydrogen) atoms. The van der Waals surface area contributed by atoms with E-state index in [-0.39, 0.29) is 11.5 Å². The Morgan fingerprint density at radius 2 is 1.79 bits per heavy atom. The van der Waals surface area contributed by atoms with Crippen LogP contribution in [0.4, 0.5) is 0 Å². The number of rotatable bonds is 6. The lowest BCUT2D eigenvalue weighted by Crippen LogP contribution is -2.42. The summed E-state index contributed by atoms with van der Waals surface area (Å²) < 4.78 is 9.00. The van der Waals surface area contributed by atoms with Crippen molar-refractivity contribution in [2.75, 3.05) is 26.3 Å². The SMILES string of the molecule is CCCn1c(=O)c2ccccc2n2c(S[C@H](C(=O)N3CCOCC3)c3ccccc3)nnc12. The first-order chi connectivity index (χ1) is 16.2. The summed E-state index contributed by atoms with van der Waals surface area (Å²) in [5.41, 5.74) is 1.57. The first kappa shape index (κ1) is 21.7. The summed E-state index contributed by atoms with van der Waals surface area (Å²) in [6, 6.07) is 17.2. The molecule has 0 bridgehead atoms. The van der Waals surface area contributed by atoms with Crippen molar-refractivity contribution in [2.45, 2.75) is 30.3 Å². The number of para-hydroxylation sites is 1. The van der Waals surface area contributed by atoms with Crippen molar-refractivity contribution in [3.05, 3.63) is 70.5 Å². The largest absolute Gasteiger partial charge is 0.378 e. The quantitative estimate of drug-likeness (QED) is 0.409. The maximum atomic E-state index is 13.6. The summed E-state index contributed by atoms with van der Waals surface area (Å²) in [4.78, 5) is 28.5. The highest BCUT2D eigenvalue weighted by molar-refractivity contribution is 8.00. The van der Waals surface area contributed by atoms with E-state index in [1.165, 1.54) is 11.8 Å². The molecular formula is C24H25N5O3S. The van der Waals surface area contributed by atoms with Gasteiger partial charge in [-0.3, -0.25) is 18.6 Å². The van der Waals surface area contributed by atoms with Crippen molar-refractivity contribution in [1.82, 2.24) is 24.1 Å². The second-order valence-electron chi connectivity index (χ2n) is 7.94. The molecule has 1 atom stereocenters. The number of carbonyl (C=O) groups is 1. The highest BCUT2D eigenvalue weighted by Gasteiger charge is 2.30. The van der Waals surface area contributed by atoms with Crippen LogP contribution in [0, 0.1) is 0 Å². The summed E-state index contributed by atoms with van der Waals surface area (Å²) in [5.74, 6) is 0.520. The Morgan fingerprint density at radius 3 is 2.55 bits per heavy atom. The second-order valence-corrected chi connectivity index (χ2v) is 9.01. The van der Waals surface area contributed by atoms with Crippen LogP contribution in [-0.4, -0.2) is 56.3 Å². The van der Waals surface area contributed by atoms with Gasteiger partial charge in [-0.15, -0.1) is 10.2 Å². The Labute approximate surface area is 195 Å². The molecule has 1 aliphatic rings. The van der Waals surface area contributed by atoms with Crippen molar-refractivity contribution in [1.29, 1.82) is 0 Å². The molecule has 1 aliphatic heterocycles. The van der Waals surface area contributed by atoms with Crippen LogP contribution in [0.2, 0.25) is 0 Å². The third-order valence-corrected chi connectivity index (χ3v) is 6.98. The molecular weight excluding hydrogens is 438 g/mol. The Bertz CT molecular complexity index is 1340. The fourth-order valence-corrected chi connectivity index (χ4v) is 5.31. The molecule has 1 saturated heterocycles. The molecule has 170 valence electrons. The topological polar surface area (TPSA) is 81.7 Å². The summed E-state index contributed by atoms with van der Waals surface area (Å²) in [5, 5.41) is 9.53. The molecule has 5 rings (SSSR count). The predicted octanol–water partition coefficient (Wildman–Crippen LogP) is 3.15. The minimum atomic E-state index is -0.484. The van der Waals surface area contributed by atoms with Crippen molar-refractivity contribution in [3.63, 3.8) is 0 Å². The first-order valence-corrected chi connectivity index (χ1v) is 12.0. The van der Waals surface area contributed by atoms with Gasteiger partial charge in [-0.2, -0.15) is 0 Å². The third kappa shape index (κ3) is 4.02. The molecule has 2 aromatic heterocycles. The van der Waals surface area contributed by atoms with Gasteiger partial charge in [0.15, 0.2) is 5.16 Å². The van der Waals surface area contributed by atoms with Gasteiger partial charge in [0.1, 0.15) is 5.25 Å². The third-order valence-electron chi connectivity index (χ3n) is 5.80. The van der Waals surface area contributed by atoms with Crippen LogP contribution in [-0.2, 0) is 16.1 Å². The van der Waals surface area contributed by atoms with E-state index in [2.05, 4.69) is 10.2 Å². The van der Waals surface area contributed by atoms with Gasteiger partial charge < -0.3 is 9.64 Å². The van der Waals surface area contributed by atoms with E-state index in [0.29, 0.717) is 49.2 Å². The summed E-state index contributed by atoms with van der Waals surface area (Å²) >= 11 is 1.37. The minimum Gasteiger partial charge on any atom is -0.378 e. The van der Waals surface area contributed by atoms with Crippen molar-refractivity contribution >= 4 is 34.3 Å². The Hall–Kier alpha value is -3.17. The zero-order chi connectivity index (χ0) is 22.8. The number of ether oxygens (including phenoxy) is 1. The molecule has 9 heteroatoms. The van der Waals surface area contributed by atoms with E-state index >= 15 is 0 Å². The van der Waals surface area contributed by atoms with Crippen molar-refractivity contribution in [3.8, 4) is 0 Å². The molecule has 1 fully saturated rings. The fourth-order valence-electron chi connectivity index (χ4n) is 4.18. The summed E-state index contributed by atoms with van der Waals surface area (Å²) in [6.07, 6.45) is 0.797. The smallest absolute Gasteiger partial charge is 0.262 e. The number of morpholine rings is 1. The predicted molar refractivity (Wildman–Crippen MR) is 127 cm³/mol. The number of nitrogens with zero attached hydrogens (tertiary/aromatic N) is 5. The maximum absolute atomic E-state index is 13.6. The Kier molecular flexibility index (Phi) is 6.15. The van der Waals surface area contributed by atoms with Crippen LogP contribution in [0.5, 0.6) is 0 Å². The lowest BCUT2D eigenvalue weighted by atomic mass is 10.1. The van der Waals surface area contributed by atoms with Crippen LogP contribution in [0.15, 0.2) is 64.5 Å². The zero-order valence-electron chi connectivity index (χ0n) is 18.4. The minimum absolute atomic E-state index is 0.0254. The van der Waals surface area contributed by atoms with Crippen LogP contribution < -0.4 is 5.56 Å². The number of carbonyl (C=O) groups excluding carboxylic acids is 1. The molecule has 2 aromatic carbocycles. The molecule has 0 aliphatic carbocycles. The number of hydrogen-bond donors (Lipinski definition) is 0. The molecule has 0 unspecified atom stereocenters. The van der Waals surface area contributed by atoms with E-state index in [9.17, 15) is 9.59 Å². The van der Waals surface area contributed by atoms with E-state index < -0.39 is 5.25 Å². The molecule has 3 heterocycles. The molecule has 4 aromatic rings. The number of hydrogen-bond acceptors (Lipinski definition) is 6. The van der Waals surface area contributed by atoms with Gasteiger partial charge in [-0.25, -0.2) is 0 Å². The molecule has 0 radical (unpaired) electrons. The number of fused-ring (bicyclic) bond motifs is 3. The van der Waals surface area contributed by atoms with Crippen LogP contribution in [0.25, 0.3) is 16.7 Å². The molecule has 0 N–H and O–H groups in total. The summed E-state index contributed by atoms with van der Waals surface area (Å²) in [6.45, 7) is 4.80. The van der Waals surface area contributed by atoms with Gasteiger partial charge in [0.25, 0.3) is 5.56 Å². The van der Waals surface area contributed by atoms with Crippen LogP contribution in [0.3, 0.4) is 0 Å². The van der Waals surface area contributed by atoms with Crippen molar-refractivity contribution in [2.24, 2.45) is 0 Å². The van der Waals surface area contributed by atoms with E-state index in [4.69, 9.17) is 4.74 Å². The second kappa shape index (κ2) is 9.36. The Morgan fingerprint density at radius 1 is 1.06 bits per heavy atom. The maximum Gasteiger partial charge on any atom is 0.262 e. The average Bonchev–Trinajstić information content (AvgIpc) is 3.29. The molecule has 8 nitrogen and oxygen atoms in total.